The Morgan fingerprint density at radius 3 is 2.08 bits per heavy atom. The number of aliphatic carboxylic acids is 2. The molecule has 8 heteroatoms. The lowest BCUT2D eigenvalue weighted by atomic mass is 10.1. The monoisotopic (exact) mass is 361 g/mol. The first-order valence-electron chi connectivity index (χ1n) is 7.38. The molecule has 0 aliphatic heterocycles. The Morgan fingerprint density at radius 2 is 1.58 bits per heavy atom. The zero-order chi connectivity index (χ0) is 19.7. The Bertz CT molecular complexity index is 785. The number of carbonyl (C=O) groups is 2. The normalized spacial score (nSPS) is 11.4. The van der Waals surface area contributed by atoms with Crippen LogP contribution in [0.3, 0.4) is 0 Å². The molecule has 0 radical (unpaired) electrons. The summed E-state index contributed by atoms with van der Waals surface area (Å²) >= 11 is 0. The predicted octanol–water partition coefficient (Wildman–Crippen LogP) is 1.54. The van der Waals surface area contributed by atoms with Crippen LogP contribution in [0.5, 0.6) is 17.2 Å². The van der Waals surface area contributed by atoms with E-state index in [1.54, 1.807) is 12.1 Å². The minimum Gasteiger partial charge on any atom is -0.508 e. The van der Waals surface area contributed by atoms with Crippen molar-refractivity contribution in [3.8, 4) is 17.2 Å². The average molecular weight is 361 g/mol. The third-order valence-corrected chi connectivity index (χ3v) is 3.13. The molecule has 26 heavy (non-hydrogen) atoms. The molecule has 0 saturated carbocycles. The largest absolute Gasteiger partial charge is 0.508 e. The minimum atomic E-state index is -1.06. The number of phenols is 3. The van der Waals surface area contributed by atoms with Crippen molar-refractivity contribution < 1.29 is 35.1 Å². The molecule has 1 atom stereocenters. The Morgan fingerprint density at radius 1 is 0.962 bits per heavy atom. The SMILES string of the molecule is N[C@@H](Cc1ccc(O)cc1)C(=O)O.O=C(O)/C=C/c1ccc(O)c(O)c1. The average Bonchev–Trinajstić information content (AvgIpc) is 2.58. The van der Waals surface area contributed by atoms with Crippen LogP contribution in [-0.4, -0.2) is 43.5 Å². The molecule has 0 amide bonds. The Labute approximate surface area is 149 Å². The lowest BCUT2D eigenvalue weighted by molar-refractivity contribution is -0.138. The van der Waals surface area contributed by atoms with Gasteiger partial charge in [0.2, 0.25) is 0 Å². The molecule has 0 aliphatic rings. The Kier molecular flexibility index (Phi) is 7.66. The van der Waals surface area contributed by atoms with Gasteiger partial charge in [-0.2, -0.15) is 0 Å². The summed E-state index contributed by atoms with van der Waals surface area (Å²) in [7, 11) is 0. The van der Waals surface area contributed by atoms with Gasteiger partial charge in [-0.05, 0) is 47.9 Å². The fraction of sp³-hybridized carbons (Fsp3) is 0.111. The van der Waals surface area contributed by atoms with Crippen LogP contribution in [0, 0.1) is 0 Å². The number of carboxylic acid groups (broad SMARTS) is 2. The van der Waals surface area contributed by atoms with Crippen molar-refractivity contribution in [1.82, 2.24) is 0 Å². The fourth-order valence-corrected chi connectivity index (χ4v) is 1.78. The molecule has 0 heterocycles. The number of nitrogens with two attached hydrogens (primary N) is 1. The quantitative estimate of drug-likeness (QED) is 0.345. The van der Waals surface area contributed by atoms with Crippen LogP contribution in [-0.2, 0) is 16.0 Å². The second kappa shape index (κ2) is 9.70. The second-order valence-corrected chi connectivity index (χ2v) is 5.24. The highest BCUT2D eigenvalue weighted by Crippen LogP contribution is 2.25. The van der Waals surface area contributed by atoms with Crippen molar-refractivity contribution in [2.75, 3.05) is 0 Å². The number of phenolic OH excluding ortho intramolecular Hbond substituents is 3. The van der Waals surface area contributed by atoms with Crippen molar-refractivity contribution in [2.24, 2.45) is 5.73 Å². The predicted molar refractivity (Wildman–Crippen MR) is 93.9 cm³/mol. The van der Waals surface area contributed by atoms with Crippen LogP contribution < -0.4 is 5.73 Å². The van der Waals surface area contributed by atoms with E-state index in [-0.39, 0.29) is 23.7 Å². The third kappa shape index (κ3) is 7.37. The van der Waals surface area contributed by atoms with Gasteiger partial charge in [0, 0.05) is 6.08 Å². The molecule has 2 rings (SSSR count). The van der Waals surface area contributed by atoms with Crippen LogP contribution >= 0.6 is 0 Å². The standard InChI is InChI=1S/C9H11NO3.C9H8O4/c10-8(9(12)13)5-6-1-3-7(11)4-2-6;10-7-3-1-6(5-8(7)11)2-4-9(12)13/h1-4,8,11H,5,10H2,(H,12,13);1-5,10-11H,(H,12,13)/b;4-2+/t8-;/m0./s1. The summed E-state index contributed by atoms with van der Waals surface area (Å²) in [5.41, 5.74) is 6.64. The van der Waals surface area contributed by atoms with E-state index in [0.717, 1.165) is 11.6 Å². The van der Waals surface area contributed by atoms with E-state index in [1.165, 1.54) is 36.4 Å². The first-order valence-corrected chi connectivity index (χ1v) is 7.38. The van der Waals surface area contributed by atoms with Crippen LogP contribution in [0.25, 0.3) is 6.08 Å². The van der Waals surface area contributed by atoms with Gasteiger partial charge in [-0.25, -0.2) is 4.79 Å². The molecule has 0 bridgehead atoms. The molecular formula is C18H19NO7. The van der Waals surface area contributed by atoms with E-state index in [9.17, 15) is 9.59 Å². The molecule has 0 saturated heterocycles. The highest BCUT2D eigenvalue weighted by atomic mass is 16.4. The maximum Gasteiger partial charge on any atom is 0.328 e. The van der Waals surface area contributed by atoms with Gasteiger partial charge in [-0.1, -0.05) is 18.2 Å². The van der Waals surface area contributed by atoms with E-state index in [4.69, 9.17) is 31.3 Å². The summed E-state index contributed by atoms with van der Waals surface area (Å²) in [6.45, 7) is 0. The molecular weight excluding hydrogens is 342 g/mol. The minimum absolute atomic E-state index is 0.160. The first-order chi connectivity index (χ1) is 12.2. The molecule has 7 N–H and O–H groups in total. The van der Waals surface area contributed by atoms with Crippen molar-refractivity contribution in [3.05, 3.63) is 59.7 Å². The third-order valence-electron chi connectivity index (χ3n) is 3.13. The molecule has 2 aromatic carbocycles. The maximum atomic E-state index is 10.4. The summed E-state index contributed by atoms with van der Waals surface area (Å²) in [6, 6.07) is 9.48. The van der Waals surface area contributed by atoms with E-state index < -0.39 is 18.0 Å². The fourth-order valence-electron chi connectivity index (χ4n) is 1.78. The van der Waals surface area contributed by atoms with Gasteiger partial charge in [0.1, 0.15) is 11.8 Å². The first kappa shape index (κ1) is 20.5. The number of aromatic hydroxyl groups is 3. The molecule has 2 aromatic rings. The second-order valence-electron chi connectivity index (χ2n) is 5.24. The van der Waals surface area contributed by atoms with Gasteiger partial charge < -0.3 is 31.3 Å². The van der Waals surface area contributed by atoms with Crippen molar-refractivity contribution >= 4 is 18.0 Å². The number of hydrogen-bond acceptors (Lipinski definition) is 6. The number of benzene rings is 2. The summed E-state index contributed by atoms with van der Waals surface area (Å²) in [5.74, 6) is -2.42. The summed E-state index contributed by atoms with van der Waals surface area (Å²) in [6.07, 6.45) is 2.54. The van der Waals surface area contributed by atoms with E-state index in [1.807, 2.05) is 0 Å². The summed E-state index contributed by atoms with van der Waals surface area (Å²) < 4.78 is 0. The van der Waals surface area contributed by atoms with Crippen molar-refractivity contribution in [1.29, 1.82) is 0 Å². The summed E-state index contributed by atoms with van der Waals surface area (Å²) in [4.78, 5) is 20.5. The van der Waals surface area contributed by atoms with Gasteiger partial charge in [-0.15, -0.1) is 0 Å². The van der Waals surface area contributed by atoms with Crippen LogP contribution in [0.4, 0.5) is 0 Å². The number of hydrogen-bond donors (Lipinski definition) is 6. The number of carboxylic acids is 2. The highest BCUT2D eigenvalue weighted by Gasteiger charge is 2.11. The maximum absolute atomic E-state index is 10.4. The van der Waals surface area contributed by atoms with Gasteiger partial charge in [0.05, 0.1) is 0 Å². The molecule has 0 unspecified atom stereocenters. The van der Waals surface area contributed by atoms with E-state index >= 15 is 0 Å². The molecule has 8 nitrogen and oxygen atoms in total. The van der Waals surface area contributed by atoms with E-state index in [0.29, 0.717) is 5.56 Å². The highest BCUT2D eigenvalue weighted by molar-refractivity contribution is 5.85. The topological polar surface area (TPSA) is 161 Å². The number of rotatable bonds is 5. The Balaban J connectivity index is 0.000000260. The van der Waals surface area contributed by atoms with Gasteiger partial charge >= 0.3 is 11.9 Å². The van der Waals surface area contributed by atoms with Crippen LogP contribution in [0.15, 0.2) is 48.5 Å². The van der Waals surface area contributed by atoms with Gasteiger partial charge in [-0.3, -0.25) is 4.79 Å². The van der Waals surface area contributed by atoms with E-state index in [2.05, 4.69) is 0 Å². The van der Waals surface area contributed by atoms with Gasteiger partial charge in [0.15, 0.2) is 11.5 Å². The molecule has 0 fully saturated rings. The lowest BCUT2D eigenvalue weighted by Crippen LogP contribution is -2.32. The molecule has 138 valence electrons. The molecule has 0 aliphatic carbocycles. The summed E-state index contributed by atoms with van der Waals surface area (Å²) in [5, 5.41) is 43.7. The smallest absolute Gasteiger partial charge is 0.328 e. The molecule has 0 aromatic heterocycles. The van der Waals surface area contributed by atoms with Crippen LogP contribution in [0.1, 0.15) is 11.1 Å². The van der Waals surface area contributed by atoms with Crippen molar-refractivity contribution in [3.63, 3.8) is 0 Å². The van der Waals surface area contributed by atoms with Gasteiger partial charge in [0.25, 0.3) is 0 Å². The van der Waals surface area contributed by atoms with Crippen molar-refractivity contribution in [2.45, 2.75) is 12.5 Å². The molecule has 0 spiro atoms. The lowest BCUT2D eigenvalue weighted by Gasteiger charge is -2.05. The zero-order valence-corrected chi connectivity index (χ0v) is 13.6. The van der Waals surface area contributed by atoms with Crippen LogP contribution in [0.2, 0.25) is 0 Å². The zero-order valence-electron chi connectivity index (χ0n) is 13.6. The Hall–Kier alpha value is -3.52.